The van der Waals surface area contributed by atoms with Gasteiger partial charge in [0.15, 0.2) is 0 Å². The summed E-state index contributed by atoms with van der Waals surface area (Å²) in [6, 6.07) is 8.88. The molecule has 0 aromatic heterocycles. The number of hydrogen-bond acceptors (Lipinski definition) is 4. The average Bonchev–Trinajstić information content (AvgIpc) is 3.01. The minimum atomic E-state index is -0.645. The molecule has 7 heteroatoms. The molecule has 0 saturated carbocycles. The first-order valence-electron chi connectivity index (χ1n) is 11.8. The number of nitrogens with zero attached hydrogens (tertiary/aromatic N) is 2. The number of allylic oxidation sites excluding steroid dienone is 2. The first-order valence-corrected chi connectivity index (χ1v) is 11.8. The van der Waals surface area contributed by atoms with Gasteiger partial charge < -0.3 is 10.2 Å². The van der Waals surface area contributed by atoms with E-state index in [1.54, 1.807) is 4.90 Å². The van der Waals surface area contributed by atoms with E-state index in [0.717, 1.165) is 5.56 Å². The lowest BCUT2D eigenvalue weighted by molar-refractivity contribution is -0.144. The van der Waals surface area contributed by atoms with Crippen LogP contribution in [0.3, 0.4) is 0 Å². The summed E-state index contributed by atoms with van der Waals surface area (Å²) in [5.41, 5.74) is 0.489. The highest BCUT2D eigenvalue weighted by atomic mass is 16.2. The van der Waals surface area contributed by atoms with Crippen molar-refractivity contribution in [2.75, 3.05) is 6.54 Å². The Morgan fingerprint density at radius 2 is 1.64 bits per heavy atom. The zero-order chi connectivity index (χ0) is 24.2. The Morgan fingerprint density at radius 3 is 2.15 bits per heavy atom. The molecule has 4 amide bonds. The third kappa shape index (κ3) is 5.89. The molecule has 1 fully saturated rings. The molecular weight excluding hydrogens is 418 g/mol. The van der Waals surface area contributed by atoms with Crippen LogP contribution in [0.25, 0.3) is 0 Å². The van der Waals surface area contributed by atoms with Gasteiger partial charge in [-0.1, -0.05) is 49.4 Å². The van der Waals surface area contributed by atoms with Crippen LogP contribution in [0.4, 0.5) is 0 Å². The number of fused-ring (bicyclic) bond motifs is 1. The predicted molar refractivity (Wildman–Crippen MR) is 126 cm³/mol. The van der Waals surface area contributed by atoms with Crippen molar-refractivity contribution in [2.45, 2.75) is 71.5 Å². The van der Waals surface area contributed by atoms with E-state index in [9.17, 15) is 19.2 Å². The lowest BCUT2D eigenvalue weighted by Gasteiger charge is -2.33. The Kier molecular flexibility index (Phi) is 7.72. The zero-order valence-electron chi connectivity index (χ0n) is 20.0. The molecule has 7 nitrogen and oxygen atoms in total. The first-order chi connectivity index (χ1) is 15.6. The predicted octanol–water partition coefficient (Wildman–Crippen LogP) is 3.05. The lowest BCUT2D eigenvalue weighted by atomic mass is 9.85. The molecule has 0 radical (unpaired) electrons. The van der Waals surface area contributed by atoms with Crippen LogP contribution in [0.5, 0.6) is 0 Å². The van der Waals surface area contributed by atoms with E-state index in [-0.39, 0.29) is 55.0 Å². The Balaban J connectivity index is 1.75. The monoisotopic (exact) mass is 453 g/mol. The van der Waals surface area contributed by atoms with E-state index in [0.29, 0.717) is 19.3 Å². The molecule has 0 spiro atoms. The molecular formula is C26H35N3O4. The number of rotatable bonds is 8. The molecule has 0 unspecified atom stereocenters. The number of carbonyl (C=O) groups excluding carboxylic acids is 4. The van der Waals surface area contributed by atoms with E-state index in [1.165, 1.54) is 4.90 Å². The van der Waals surface area contributed by atoms with Gasteiger partial charge in [-0.25, -0.2) is 0 Å². The van der Waals surface area contributed by atoms with Crippen molar-refractivity contribution in [3.05, 3.63) is 48.0 Å². The van der Waals surface area contributed by atoms with Crippen LogP contribution < -0.4 is 5.32 Å². The van der Waals surface area contributed by atoms with Crippen LogP contribution >= 0.6 is 0 Å². The molecule has 3 rings (SSSR count). The number of carbonyl (C=O) groups is 4. The van der Waals surface area contributed by atoms with Crippen LogP contribution in [0.1, 0.15) is 58.9 Å². The average molecular weight is 454 g/mol. The van der Waals surface area contributed by atoms with Gasteiger partial charge in [0, 0.05) is 25.0 Å². The number of nitrogens with one attached hydrogen (secondary N) is 1. The topological polar surface area (TPSA) is 86.8 Å². The Bertz CT molecular complexity index is 893. The van der Waals surface area contributed by atoms with Gasteiger partial charge >= 0.3 is 0 Å². The van der Waals surface area contributed by atoms with Gasteiger partial charge in [0.25, 0.3) is 0 Å². The van der Waals surface area contributed by atoms with Gasteiger partial charge in [0.1, 0.15) is 6.04 Å². The van der Waals surface area contributed by atoms with Crippen molar-refractivity contribution < 1.29 is 19.2 Å². The summed E-state index contributed by atoms with van der Waals surface area (Å²) in [6.45, 7) is 7.92. The fraction of sp³-hybridized carbons (Fsp3) is 0.538. The molecule has 0 bridgehead atoms. The van der Waals surface area contributed by atoms with Crippen molar-refractivity contribution in [1.29, 1.82) is 0 Å². The number of amides is 4. The summed E-state index contributed by atoms with van der Waals surface area (Å²) in [7, 11) is 0. The second kappa shape index (κ2) is 10.3. The third-order valence-electron chi connectivity index (χ3n) is 6.23. The fourth-order valence-corrected chi connectivity index (χ4v) is 4.59. The fourth-order valence-electron chi connectivity index (χ4n) is 4.59. The normalized spacial score (nSPS) is 21.0. The molecule has 1 saturated heterocycles. The van der Waals surface area contributed by atoms with E-state index in [2.05, 4.69) is 5.32 Å². The zero-order valence-corrected chi connectivity index (χ0v) is 20.0. The molecule has 2 aliphatic rings. The molecule has 1 aromatic rings. The van der Waals surface area contributed by atoms with Crippen molar-refractivity contribution in [3.8, 4) is 0 Å². The van der Waals surface area contributed by atoms with Gasteiger partial charge in [0.2, 0.25) is 23.6 Å². The lowest BCUT2D eigenvalue weighted by Crippen LogP contribution is -2.53. The SMILES string of the molecule is CC[C@H](C(=O)NC(C)(C)C)N(Cc1ccccc1)C(=O)CCN1C(=O)[C@H]2CC=CC[C@H]2C1=O. The van der Waals surface area contributed by atoms with Crippen LogP contribution in [-0.2, 0) is 25.7 Å². The van der Waals surface area contributed by atoms with E-state index in [1.807, 2.05) is 70.2 Å². The summed E-state index contributed by atoms with van der Waals surface area (Å²) in [5, 5.41) is 2.98. The highest BCUT2D eigenvalue weighted by Gasteiger charge is 2.47. The van der Waals surface area contributed by atoms with Crippen molar-refractivity contribution >= 4 is 23.6 Å². The molecule has 3 atom stereocenters. The standard InChI is InChI=1S/C26H35N3O4/c1-5-21(23(31)27-26(2,3)4)29(17-18-11-7-6-8-12-18)22(30)15-16-28-24(32)19-13-9-10-14-20(19)25(28)33/h6-12,19-21H,5,13-17H2,1-4H3,(H,27,31)/t19-,20+,21-/m1/s1. The minimum absolute atomic E-state index is 0.00349. The second-order valence-corrected chi connectivity index (χ2v) is 9.90. The molecule has 33 heavy (non-hydrogen) atoms. The van der Waals surface area contributed by atoms with Gasteiger partial charge in [-0.15, -0.1) is 0 Å². The summed E-state index contributed by atoms with van der Waals surface area (Å²) in [4.78, 5) is 54.8. The molecule has 178 valence electrons. The molecule has 1 aliphatic carbocycles. The van der Waals surface area contributed by atoms with Crippen molar-refractivity contribution in [1.82, 2.24) is 15.1 Å². The van der Waals surface area contributed by atoms with E-state index < -0.39 is 11.6 Å². The number of likely N-dealkylation sites (tertiary alicyclic amines) is 1. The Morgan fingerprint density at radius 1 is 1.06 bits per heavy atom. The van der Waals surface area contributed by atoms with Gasteiger partial charge in [-0.2, -0.15) is 0 Å². The Hall–Kier alpha value is -2.96. The molecule has 1 aromatic carbocycles. The van der Waals surface area contributed by atoms with Crippen molar-refractivity contribution in [3.63, 3.8) is 0 Å². The second-order valence-electron chi connectivity index (χ2n) is 9.90. The first kappa shape index (κ1) is 24.7. The van der Waals surface area contributed by atoms with Crippen LogP contribution in [0.15, 0.2) is 42.5 Å². The highest BCUT2D eigenvalue weighted by molar-refractivity contribution is 6.05. The van der Waals surface area contributed by atoms with Crippen LogP contribution in [-0.4, -0.2) is 51.6 Å². The molecule has 1 heterocycles. The van der Waals surface area contributed by atoms with Gasteiger partial charge in [0.05, 0.1) is 11.8 Å². The summed E-state index contributed by atoms with van der Waals surface area (Å²) >= 11 is 0. The molecule has 1 aliphatic heterocycles. The summed E-state index contributed by atoms with van der Waals surface area (Å²) in [6.07, 6.45) is 5.49. The quantitative estimate of drug-likeness (QED) is 0.484. The number of imide groups is 1. The highest BCUT2D eigenvalue weighted by Crippen LogP contribution is 2.35. The summed E-state index contributed by atoms with van der Waals surface area (Å²) in [5.74, 6) is -1.44. The van der Waals surface area contributed by atoms with Crippen LogP contribution in [0.2, 0.25) is 0 Å². The minimum Gasteiger partial charge on any atom is -0.350 e. The number of hydrogen-bond donors (Lipinski definition) is 1. The van der Waals surface area contributed by atoms with E-state index >= 15 is 0 Å². The van der Waals surface area contributed by atoms with E-state index in [4.69, 9.17) is 0 Å². The van der Waals surface area contributed by atoms with Crippen molar-refractivity contribution in [2.24, 2.45) is 11.8 Å². The third-order valence-corrected chi connectivity index (χ3v) is 6.23. The maximum Gasteiger partial charge on any atom is 0.243 e. The largest absolute Gasteiger partial charge is 0.350 e. The smallest absolute Gasteiger partial charge is 0.243 e. The number of benzene rings is 1. The molecule has 1 N–H and O–H groups in total. The van der Waals surface area contributed by atoms with Gasteiger partial charge in [-0.05, 0) is 45.6 Å². The van der Waals surface area contributed by atoms with Gasteiger partial charge in [-0.3, -0.25) is 24.1 Å². The summed E-state index contributed by atoms with van der Waals surface area (Å²) < 4.78 is 0. The maximum absolute atomic E-state index is 13.4. The Labute approximate surface area is 196 Å². The maximum atomic E-state index is 13.4. The van der Waals surface area contributed by atoms with Crippen LogP contribution in [0, 0.1) is 11.8 Å².